The minimum atomic E-state index is -0.527. The maximum atomic E-state index is 11.9. The quantitative estimate of drug-likeness (QED) is 0.299. The minimum Gasteiger partial charge on any atom is -0.484 e. The number of nitro benzene ring substituents is 1. The molecular weight excluding hydrogens is 430 g/mol. The lowest BCUT2D eigenvalue weighted by atomic mass is 10.3. The van der Waals surface area contributed by atoms with Crippen molar-refractivity contribution < 1.29 is 19.2 Å². The van der Waals surface area contributed by atoms with Crippen molar-refractivity contribution in [3.63, 3.8) is 0 Å². The molecule has 0 heterocycles. The van der Waals surface area contributed by atoms with Gasteiger partial charge in [-0.3, -0.25) is 25.0 Å². The Balaban J connectivity index is 1.77. The van der Waals surface area contributed by atoms with Crippen LogP contribution in [0.25, 0.3) is 0 Å². The number of non-ortho nitro benzene ring substituents is 1. The number of rotatable bonds is 6. The smallest absolute Gasteiger partial charge is 0.269 e. The van der Waals surface area contributed by atoms with Gasteiger partial charge in [0.25, 0.3) is 11.6 Å². The van der Waals surface area contributed by atoms with Crippen molar-refractivity contribution in [1.82, 2.24) is 10.6 Å². The average Bonchev–Trinajstić information content (AvgIpc) is 2.67. The number of thiocarbonyl (C=S) groups is 2. The molecule has 10 nitrogen and oxygen atoms in total. The monoisotopic (exact) mass is 447 g/mol. The Kier molecular flexibility index (Phi) is 8.14. The molecular formula is C18H17N5O5S2. The zero-order chi connectivity index (χ0) is 22.1. The summed E-state index contributed by atoms with van der Waals surface area (Å²) in [6.45, 7) is 1.04. The van der Waals surface area contributed by atoms with Crippen molar-refractivity contribution in [2.75, 3.05) is 17.2 Å². The first-order valence-electron chi connectivity index (χ1n) is 8.39. The number of ether oxygens (including phenoxy) is 1. The van der Waals surface area contributed by atoms with Gasteiger partial charge in [0.1, 0.15) is 5.75 Å². The van der Waals surface area contributed by atoms with E-state index in [0.717, 1.165) is 0 Å². The number of carbonyl (C=O) groups is 2. The van der Waals surface area contributed by atoms with Crippen molar-refractivity contribution in [3.8, 4) is 5.75 Å². The van der Waals surface area contributed by atoms with Crippen LogP contribution in [0.5, 0.6) is 5.75 Å². The van der Waals surface area contributed by atoms with Crippen LogP contribution < -0.4 is 26.0 Å². The van der Waals surface area contributed by atoms with Crippen LogP contribution >= 0.6 is 24.4 Å². The van der Waals surface area contributed by atoms with Crippen molar-refractivity contribution in [2.24, 2.45) is 0 Å². The molecule has 0 saturated carbocycles. The van der Waals surface area contributed by atoms with E-state index >= 15 is 0 Å². The summed E-state index contributed by atoms with van der Waals surface area (Å²) < 4.78 is 5.26. The second kappa shape index (κ2) is 10.8. The summed E-state index contributed by atoms with van der Waals surface area (Å²) in [6, 6.07) is 12.2. The molecule has 2 aromatic carbocycles. The Morgan fingerprint density at radius 2 is 1.43 bits per heavy atom. The predicted octanol–water partition coefficient (Wildman–Crippen LogP) is 2.32. The first kappa shape index (κ1) is 22.6. The van der Waals surface area contributed by atoms with Gasteiger partial charge in [0.2, 0.25) is 5.91 Å². The SMILES string of the molecule is CC(=O)NC(=S)Nc1ccc(NC(=S)NC(=O)COc2ccc([N+](=O)[O-])cc2)cc1. The number of amides is 2. The highest BCUT2D eigenvalue weighted by Gasteiger charge is 2.08. The van der Waals surface area contributed by atoms with Gasteiger partial charge in [0.05, 0.1) is 4.92 Å². The molecule has 0 spiro atoms. The molecule has 156 valence electrons. The zero-order valence-electron chi connectivity index (χ0n) is 15.6. The summed E-state index contributed by atoms with van der Waals surface area (Å²) in [7, 11) is 0. The second-order valence-corrected chi connectivity index (χ2v) is 6.57. The van der Waals surface area contributed by atoms with Crippen molar-refractivity contribution in [2.45, 2.75) is 6.92 Å². The standard InChI is InChI=1S/C18H17N5O5S2/c1-11(24)19-17(29)20-12-2-4-13(5-3-12)21-18(30)22-16(25)10-28-15-8-6-14(7-9-15)23(26)27/h2-9H,10H2,1H3,(H2,19,20,24,29)(H2,21,22,25,30). The highest BCUT2D eigenvalue weighted by atomic mass is 32.1. The third-order valence-corrected chi connectivity index (χ3v) is 3.77. The maximum absolute atomic E-state index is 11.9. The zero-order valence-corrected chi connectivity index (χ0v) is 17.3. The number of carbonyl (C=O) groups excluding carboxylic acids is 2. The number of nitrogens with zero attached hydrogens (tertiary/aromatic N) is 1. The fourth-order valence-electron chi connectivity index (χ4n) is 2.10. The van der Waals surface area contributed by atoms with Crippen molar-refractivity contribution >= 4 is 63.5 Å². The van der Waals surface area contributed by atoms with Crippen LogP contribution in [0.15, 0.2) is 48.5 Å². The Hall–Kier alpha value is -3.64. The first-order valence-corrected chi connectivity index (χ1v) is 9.21. The van der Waals surface area contributed by atoms with E-state index in [-0.39, 0.29) is 28.4 Å². The Morgan fingerprint density at radius 3 is 1.90 bits per heavy atom. The van der Waals surface area contributed by atoms with Gasteiger partial charge in [0.15, 0.2) is 16.8 Å². The van der Waals surface area contributed by atoms with Gasteiger partial charge in [-0.25, -0.2) is 0 Å². The van der Waals surface area contributed by atoms with Crippen molar-refractivity contribution in [1.29, 1.82) is 0 Å². The average molecular weight is 447 g/mol. The van der Waals surface area contributed by atoms with Crippen LogP contribution in [0.3, 0.4) is 0 Å². The third kappa shape index (κ3) is 7.77. The fourth-order valence-corrected chi connectivity index (χ4v) is 2.59. The fraction of sp³-hybridized carbons (Fsp3) is 0.111. The Labute approximate surface area is 182 Å². The van der Waals surface area contributed by atoms with Gasteiger partial charge in [-0.2, -0.15) is 0 Å². The summed E-state index contributed by atoms with van der Waals surface area (Å²) in [5.74, 6) is -0.455. The van der Waals surface area contributed by atoms with Crippen molar-refractivity contribution in [3.05, 3.63) is 58.6 Å². The van der Waals surface area contributed by atoms with Crippen LogP contribution in [-0.4, -0.2) is 33.6 Å². The highest BCUT2D eigenvalue weighted by Crippen LogP contribution is 2.17. The molecule has 0 bridgehead atoms. The van der Waals surface area contributed by atoms with Crippen LogP contribution in [0.4, 0.5) is 17.1 Å². The van der Waals surface area contributed by atoms with Crippen LogP contribution in [0.2, 0.25) is 0 Å². The number of hydrogen-bond acceptors (Lipinski definition) is 7. The minimum absolute atomic E-state index is 0.0711. The third-order valence-electron chi connectivity index (χ3n) is 3.36. The molecule has 0 unspecified atom stereocenters. The summed E-state index contributed by atoms with van der Waals surface area (Å²) in [4.78, 5) is 32.9. The lowest BCUT2D eigenvalue weighted by Gasteiger charge is -2.12. The number of nitro groups is 1. The van der Waals surface area contributed by atoms with Crippen LogP contribution in [0.1, 0.15) is 6.92 Å². The summed E-state index contributed by atoms with van der Waals surface area (Å²) in [5, 5.41) is 21.5. The normalized spacial score (nSPS) is 9.77. The topological polar surface area (TPSA) is 135 Å². The van der Waals surface area contributed by atoms with E-state index in [1.54, 1.807) is 24.3 Å². The summed E-state index contributed by atoms with van der Waals surface area (Å²) in [6.07, 6.45) is 0. The van der Waals surface area contributed by atoms with E-state index in [0.29, 0.717) is 17.1 Å². The molecule has 0 aliphatic carbocycles. The first-order chi connectivity index (χ1) is 14.2. The molecule has 0 radical (unpaired) electrons. The van der Waals surface area contributed by atoms with Gasteiger partial charge in [0, 0.05) is 30.4 Å². The molecule has 0 aromatic heterocycles. The van der Waals surface area contributed by atoms with Crippen LogP contribution in [-0.2, 0) is 9.59 Å². The lowest BCUT2D eigenvalue weighted by molar-refractivity contribution is -0.384. The Bertz CT molecular complexity index is 964. The molecule has 2 amide bonds. The van der Waals surface area contributed by atoms with E-state index in [1.807, 2.05) is 0 Å². The molecule has 2 aromatic rings. The second-order valence-electron chi connectivity index (χ2n) is 5.75. The molecule has 2 rings (SSSR count). The Morgan fingerprint density at radius 1 is 0.933 bits per heavy atom. The molecule has 4 N–H and O–H groups in total. The summed E-state index contributed by atoms with van der Waals surface area (Å²) >= 11 is 10.1. The molecule has 0 atom stereocenters. The van der Waals surface area contributed by atoms with E-state index in [9.17, 15) is 19.7 Å². The molecule has 0 aliphatic heterocycles. The molecule has 30 heavy (non-hydrogen) atoms. The maximum Gasteiger partial charge on any atom is 0.269 e. The lowest BCUT2D eigenvalue weighted by Crippen LogP contribution is -2.37. The summed E-state index contributed by atoms with van der Waals surface area (Å²) in [5.41, 5.74) is 1.20. The van der Waals surface area contributed by atoms with E-state index in [4.69, 9.17) is 29.2 Å². The van der Waals surface area contributed by atoms with E-state index < -0.39 is 10.8 Å². The van der Waals surface area contributed by atoms with Gasteiger partial charge in [-0.05, 0) is 60.8 Å². The molecule has 0 aliphatic rings. The number of nitrogens with one attached hydrogen (secondary N) is 4. The van der Waals surface area contributed by atoms with Gasteiger partial charge in [-0.1, -0.05) is 0 Å². The van der Waals surface area contributed by atoms with Crippen LogP contribution in [0, 0.1) is 10.1 Å². The number of anilines is 2. The number of hydrogen-bond donors (Lipinski definition) is 4. The molecule has 0 fully saturated rings. The number of benzene rings is 2. The van der Waals surface area contributed by atoms with E-state index in [1.165, 1.54) is 31.2 Å². The molecule has 12 heteroatoms. The van der Waals surface area contributed by atoms with Gasteiger partial charge >= 0.3 is 0 Å². The highest BCUT2D eigenvalue weighted by molar-refractivity contribution is 7.80. The largest absolute Gasteiger partial charge is 0.484 e. The van der Waals surface area contributed by atoms with E-state index in [2.05, 4.69) is 21.3 Å². The predicted molar refractivity (Wildman–Crippen MR) is 119 cm³/mol. The van der Waals surface area contributed by atoms with Gasteiger partial charge in [-0.15, -0.1) is 0 Å². The van der Waals surface area contributed by atoms with Gasteiger partial charge < -0.3 is 20.7 Å². The molecule has 0 saturated heterocycles.